The van der Waals surface area contributed by atoms with Crippen LogP contribution in [-0.2, 0) is 11.2 Å². The molecular weight excluding hydrogens is 386 g/mol. The molecule has 28 heavy (non-hydrogen) atoms. The molecule has 1 aliphatic heterocycles. The smallest absolute Gasteiger partial charge is 0.261 e. The summed E-state index contributed by atoms with van der Waals surface area (Å²) in [6, 6.07) is 12.5. The predicted octanol–water partition coefficient (Wildman–Crippen LogP) is 5.79. The van der Waals surface area contributed by atoms with E-state index in [0.29, 0.717) is 5.92 Å². The van der Waals surface area contributed by atoms with Crippen LogP contribution >= 0.6 is 22.7 Å². The molecule has 1 unspecified atom stereocenters. The summed E-state index contributed by atoms with van der Waals surface area (Å²) in [6.07, 6.45) is 0.919. The first kappa shape index (κ1) is 19.2. The molecule has 0 saturated heterocycles. The maximum absolute atomic E-state index is 13.1. The third-order valence-corrected chi connectivity index (χ3v) is 7.25. The molecule has 4 rings (SSSR count). The second-order valence-corrected chi connectivity index (χ2v) is 9.50. The van der Waals surface area contributed by atoms with Crippen LogP contribution in [0.15, 0.2) is 47.2 Å². The van der Waals surface area contributed by atoms with Gasteiger partial charge in [-0.15, -0.1) is 22.7 Å². The van der Waals surface area contributed by atoms with Crippen molar-refractivity contribution < 1.29 is 9.53 Å². The number of hydrogen-bond acceptors (Lipinski definition) is 4. The van der Waals surface area contributed by atoms with E-state index in [0.717, 1.165) is 18.7 Å². The quantitative estimate of drug-likeness (QED) is 0.531. The second-order valence-electron chi connectivity index (χ2n) is 7.52. The number of aryl methyl sites for hydroxylation is 1. The third-order valence-electron chi connectivity index (χ3n) is 5.32. The van der Waals surface area contributed by atoms with Crippen LogP contribution in [0.1, 0.15) is 52.3 Å². The van der Waals surface area contributed by atoms with Gasteiger partial charge in [-0.1, -0.05) is 26.0 Å². The number of carbonyl (C=O) groups is 1. The Balaban J connectivity index is 1.50. The molecular formula is C23H25NO2S2. The van der Waals surface area contributed by atoms with Gasteiger partial charge in [-0.05, 0) is 71.0 Å². The molecule has 3 heterocycles. The maximum Gasteiger partial charge on any atom is 0.261 e. The summed E-state index contributed by atoms with van der Waals surface area (Å²) in [5.41, 5.74) is 3.79. The largest absolute Gasteiger partial charge is 0.484 e. The van der Waals surface area contributed by atoms with Crippen molar-refractivity contribution in [1.29, 1.82) is 0 Å². The van der Waals surface area contributed by atoms with E-state index in [4.69, 9.17) is 4.74 Å². The highest BCUT2D eigenvalue weighted by atomic mass is 32.1. The highest BCUT2D eigenvalue weighted by molar-refractivity contribution is 7.10. The molecule has 3 aromatic rings. The summed E-state index contributed by atoms with van der Waals surface area (Å²) < 4.78 is 5.89. The van der Waals surface area contributed by atoms with Crippen molar-refractivity contribution in [2.45, 2.75) is 39.2 Å². The number of benzene rings is 1. The van der Waals surface area contributed by atoms with Crippen LogP contribution in [0.4, 0.5) is 0 Å². The van der Waals surface area contributed by atoms with E-state index in [2.05, 4.69) is 55.8 Å². The van der Waals surface area contributed by atoms with Gasteiger partial charge in [0.05, 0.1) is 6.04 Å². The van der Waals surface area contributed by atoms with Crippen LogP contribution in [-0.4, -0.2) is 24.0 Å². The zero-order chi connectivity index (χ0) is 19.7. The minimum atomic E-state index is 0.0103. The molecule has 0 saturated carbocycles. The van der Waals surface area contributed by atoms with Crippen LogP contribution in [0.25, 0.3) is 0 Å². The van der Waals surface area contributed by atoms with Crippen LogP contribution in [0.5, 0.6) is 5.75 Å². The van der Waals surface area contributed by atoms with Crippen molar-refractivity contribution in [3.8, 4) is 5.75 Å². The molecule has 1 atom stereocenters. The van der Waals surface area contributed by atoms with Gasteiger partial charge in [0.25, 0.3) is 5.91 Å². The Morgan fingerprint density at radius 1 is 1.21 bits per heavy atom. The van der Waals surface area contributed by atoms with E-state index in [1.807, 2.05) is 17.0 Å². The zero-order valence-corrected chi connectivity index (χ0v) is 18.1. The number of fused-ring (bicyclic) bond motifs is 1. The molecule has 1 amide bonds. The average Bonchev–Trinajstić information content (AvgIpc) is 3.36. The second kappa shape index (κ2) is 8.10. The van der Waals surface area contributed by atoms with Gasteiger partial charge in [-0.25, -0.2) is 0 Å². The molecule has 0 spiro atoms. The SMILES string of the molecule is Cc1cc(OCC(=O)N2CCc3sccc3C2c2cccs2)ccc1C(C)C. The summed E-state index contributed by atoms with van der Waals surface area (Å²) in [5, 5.41) is 4.21. The fourth-order valence-electron chi connectivity index (χ4n) is 3.95. The lowest BCUT2D eigenvalue weighted by Crippen LogP contribution is -2.42. The lowest BCUT2D eigenvalue weighted by Gasteiger charge is -2.35. The molecule has 0 fully saturated rings. The Bertz CT molecular complexity index is 959. The fourth-order valence-corrected chi connectivity index (χ4v) is 5.71. The van der Waals surface area contributed by atoms with E-state index in [1.165, 1.54) is 26.4 Å². The van der Waals surface area contributed by atoms with Gasteiger partial charge in [0.1, 0.15) is 5.75 Å². The molecule has 5 heteroatoms. The first-order chi connectivity index (χ1) is 13.5. The first-order valence-corrected chi connectivity index (χ1v) is 11.4. The Kier molecular flexibility index (Phi) is 5.56. The molecule has 3 nitrogen and oxygen atoms in total. The van der Waals surface area contributed by atoms with Gasteiger partial charge in [0.15, 0.2) is 6.61 Å². The van der Waals surface area contributed by atoms with Crippen molar-refractivity contribution in [2.75, 3.05) is 13.2 Å². The number of amides is 1. The van der Waals surface area contributed by atoms with E-state index < -0.39 is 0 Å². The first-order valence-electron chi connectivity index (χ1n) is 9.67. The molecule has 1 aromatic carbocycles. The van der Waals surface area contributed by atoms with E-state index in [9.17, 15) is 4.79 Å². The predicted molar refractivity (Wildman–Crippen MR) is 117 cm³/mol. The maximum atomic E-state index is 13.1. The van der Waals surface area contributed by atoms with Crippen LogP contribution in [0, 0.1) is 6.92 Å². The molecule has 146 valence electrons. The highest BCUT2D eigenvalue weighted by Gasteiger charge is 2.33. The summed E-state index contributed by atoms with van der Waals surface area (Å²) in [6.45, 7) is 7.28. The van der Waals surface area contributed by atoms with Gasteiger partial charge >= 0.3 is 0 Å². The highest BCUT2D eigenvalue weighted by Crippen LogP contribution is 2.39. The molecule has 0 radical (unpaired) electrons. The standard InChI is InChI=1S/C23H25NO2S2/c1-15(2)18-7-6-17(13-16(18)3)26-14-22(25)24-10-8-20-19(9-12-28-20)23(24)21-5-4-11-27-21/h4-7,9,11-13,15,23H,8,10,14H2,1-3H3. The number of nitrogens with zero attached hydrogens (tertiary/aromatic N) is 1. The molecule has 0 N–H and O–H groups in total. The lowest BCUT2D eigenvalue weighted by atomic mass is 9.98. The summed E-state index contributed by atoms with van der Waals surface area (Å²) in [5.74, 6) is 1.28. The number of hydrogen-bond donors (Lipinski definition) is 0. The van der Waals surface area contributed by atoms with Gasteiger partial charge in [0.2, 0.25) is 0 Å². The Hall–Kier alpha value is -2.11. The summed E-state index contributed by atoms with van der Waals surface area (Å²) in [4.78, 5) is 17.7. The van der Waals surface area contributed by atoms with E-state index in [-0.39, 0.29) is 18.6 Å². The van der Waals surface area contributed by atoms with Gasteiger partial charge in [-0.3, -0.25) is 4.79 Å². The molecule has 0 aliphatic carbocycles. The van der Waals surface area contributed by atoms with Gasteiger partial charge in [0, 0.05) is 16.3 Å². The zero-order valence-electron chi connectivity index (χ0n) is 16.5. The molecule has 0 bridgehead atoms. The van der Waals surface area contributed by atoms with Crippen LogP contribution in [0.3, 0.4) is 0 Å². The van der Waals surface area contributed by atoms with Crippen molar-refractivity contribution in [3.63, 3.8) is 0 Å². The van der Waals surface area contributed by atoms with Crippen LogP contribution < -0.4 is 4.74 Å². The Labute approximate surface area is 174 Å². The number of rotatable bonds is 5. The van der Waals surface area contributed by atoms with Gasteiger partial charge < -0.3 is 9.64 Å². The number of ether oxygens (including phenoxy) is 1. The summed E-state index contributed by atoms with van der Waals surface area (Å²) in [7, 11) is 0. The van der Waals surface area contributed by atoms with E-state index in [1.54, 1.807) is 22.7 Å². The van der Waals surface area contributed by atoms with E-state index >= 15 is 0 Å². The fraction of sp³-hybridized carbons (Fsp3) is 0.348. The molecule has 2 aromatic heterocycles. The monoisotopic (exact) mass is 411 g/mol. The van der Waals surface area contributed by atoms with Crippen molar-refractivity contribution in [2.24, 2.45) is 0 Å². The third kappa shape index (κ3) is 3.74. The minimum absolute atomic E-state index is 0.0103. The van der Waals surface area contributed by atoms with Gasteiger partial charge in [-0.2, -0.15) is 0 Å². The Morgan fingerprint density at radius 2 is 2.07 bits per heavy atom. The topological polar surface area (TPSA) is 29.5 Å². The molecule has 1 aliphatic rings. The van der Waals surface area contributed by atoms with Crippen molar-refractivity contribution in [3.05, 3.63) is 73.6 Å². The number of carbonyl (C=O) groups excluding carboxylic acids is 1. The number of thiophene rings is 2. The normalized spacial score (nSPS) is 16.3. The van der Waals surface area contributed by atoms with Crippen LogP contribution in [0.2, 0.25) is 0 Å². The average molecular weight is 412 g/mol. The minimum Gasteiger partial charge on any atom is -0.484 e. The van der Waals surface area contributed by atoms with Crippen molar-refractivity contribution >= 4 is 28.6 Å². The Morgan fingerprint density at radius 3 is 2.79 bits per heavy atom. The summed E-state index contributed by atoms with van der Waals surface area (Å²) >= 11 is 3.50. The lowest BCUT2D eigenvalue weighted by molar-refractivity contribution is -0.135. The van der Waals surface area contributed by atoms with Crippen molar-refractivity contribution in [1.82, 2.24) is 4.90 Å².